The largest absolute Gasteiger partial charge is 0.497 e. The lowest BCUT2D eigenvalue weighted by molar-refractivity contribution is 0.0168. The Balaban J connectivity index is 1.97. The van der Waals surface area contributed by atoms with Crippen LogP contribution >= 0.6 is 0 Å². The van der Waals surface area contributed by atoms with Gasteiger partial charge in [-0.2, -0.15) is 5.10 Å². The van der Waals surface area contributed by atoms with Crippen LogP contribution in [0.15, 0.2) is 54.6 Å². The molecule has 186 valence electrons. The highest BCUT2D eigenvalue weighted by molar-refractivity contribution is 5.44. The molecule has 1 N–H and O–H groups in total. The summed E-state index contributed by atoms with van der Waals surface area (Å²) in [6.07, 6.45) is 5.52. The predicted molar refractivity (Wildman–Crippen MR) is 137 cm³/mol. The van der Waals surface area contributed by atoms with Gasteiger partial charge in [-0.3, -0.25) is 4.90 Å². The minimum atomic E-state index is -0.662. The van der Waals surface area contributed by atoms with Crippen LogP contribution in [-0.4, -0.2) is 58.8 Å². The number of terminal acetylenes is 1. The number of rotatable bonds is 13. The lowest BCUT2D eigenvalue weighted by atomic mass is 10.1. The highest BCUT2D eigenvalue weighted by Crippen LogP contribution is 2.33. The van der Waals surface area contributed by atoms with Gasteiger partial charge in [-0.15, -0.1) is 6.42 Å². The topological polar surface area (TPSA) is 69.0 Å². The van der Waals surface area contributed by atoms with Gasteiger partial charge < -0.3 is 19.3 Å². The molecule has 3 aromatic rings. The highest BCUT2D eigenvalue weighted by atomic mass is 16.5. The molecule has 0 fully saturated rings. The Kier molecular flexibility index (Phi) is 9.74. The number of aryl methyl sites for hydroxylation is 1. The van der Waals surface area contributed by atoms with Gasteiger partial charge in [-0.1, -0.05) is 37.1 Å². The summed E-state index contributed by atoms with van der Waals surface area (Å²) in [5.41, 5.74) is 2.71. The predicted octanol–water partition coefficient (Wildman–Crippen LogP) is 4.59. The van der Waals surface area contributed by atoms with E-state index >= 15 is 0 Å². The molecular formula is C28H35N3O4. The van der Waals surface area contributed by atoms with Crippen LogP contribution in [0.5, 0.6) is 17.4 Å². The zero-order valence-electron chi connectivity index (χ0n) is 21.0. The standard InChI is InChI=1S/C28H35N3O4/c1-6-16-34-20-24(32)18-30(21(3)7-2)19-27-22(4)29-31(23-12-9-8-10-13-23)28(27)35-26-15-11-14-25(17-26)33-5/h1,8-15,17,21,24,32H,7,16,18-20H2,2-5H3. The molecular weight excluding hydrogens is 442 g/mol. The second kappa shape index (κ2) is 13.0. The van der Waals surface area contributed by atoms with Crippen LogP contribution < -0.4 is 9.47 Å². The number of methoxy groups -OCH3 is 1. The molecule has 2 atom stereocenters. The van der Waals surface area contributed by atoms with Crippen molar-refractivity contribution in [1.82, 2.24) is 14.7 Å². The van der Waals surface area contributed by atoms with Gasteiger partial charge in [0.15, 0.2) is 0 Å². The Morgan fingerprint density at radius 1 is 1.14 bits per heavy atom. The molecule has 7 nitrogen and oxygen atoms in total. The molecule has 1 aromatic heterocycles. The van der Waals surface area contributed by atoms with Gasteiger partial charge in [0.1, 0.15) is 18.1 Å². The second-order valence-electron chi connectivity index (χ2n) is 8.46. The molecule has 3 rings (SSSR count). The first-order valence-electron chi connectivity index (χ1n) is 11.9. The third-order valence-electron chi connectivity index (χ3n) is 5.91. The Bertz CT molecular complexity index is 1110. The van der Waals surface area contributed by atoms with Crippen LogP contribution in [0.2, 0.25) is 0 Å². The molecule has 1 heterocycles. The zero-order valence-corrected chi connectivity index (χ0v) is 21.0. The molecule has 0 amide bonds. The molecule has 0 bridgehead atoms. The molecule has 0 spiro atoms. The van der Waals surface area contributed by atoms with Crippen molar-refractivity contribution in [3.05, 3.63) is 65.9 Å². The molecule has 0 saturated carbocycles. The SMILES string of the molecule is C#CCOCC(O)CN(Cc1c(C)nn(-c2ccccc2)c1Oc1cccc(OC)c1)C(C)CC. The van der Waals surface area contributed by atoms with E-state index < -0.39 is 6.10 Å². The van der Waals surface area contributed by atoms with Gasteiger partial charge >= 0.3 is 0 Å². The summed E-state index contributed by atoms with van der Waals surface area (Å²) in [5.74, 6) is 4.43. The lowest BCUT2D eigenvalue weighted by Crippen LogP contribution is -2.40. The fourth-order valence-corrected chi connectivity index (χ4v) is 3.78. The van der Waals surface area contributed by atoms with E-state index in [1.54, 1.807) is 7.11 Å². The van der Waals surface area contributed by atoms with E-state index in [1.807, 2.05) is 66.2 Å². The molecule has 7 heteroatoms. The van der Waals surface area contributed by atoms with Crippen LogP contribution in [-0.2, 0) is 11.3 Å². The Morgan fingerprint density at radius 3 is 2.57 bits per heavy atom. The van der Waals surface area contributed by atoms with E-state index in [2.05, 4.69) is 24.7 Å². The number of hydrogen-bond donors (Lipinski definition) is 1. The van der Waals surface area contributed by atoms with Gasteiger partial charge in [-0.05, 0) is 44.5 Å². The normalized spacial score (nSPS) is 12.8. The van der Waals surface area contributed by atoms with Crippen molar-refractivity contribution in [3.63, 3.8) is 0 Å². The quantitative estimate of drug-likeness (QED) is 0.287. The molecule has 0 aliphatic rings. The lowest BCUT2D eigenvalue weighted by Gasteiger charge is -2.30. The molecule has 0 radical (unpaired) electrons. The van der Waals surface area contributed by atoms with E-state index in [0.29, 0.717) is 30.5 Å². The summed E-state index contributed by atoms with van der Waals surface area (Å²) in [6, 6.07) is 17.6. The van der Waals surface area contributed by atoms with Crippen LogP contribution in [0.3, 0.4) is 0 Å². The van der Waals surface area contributed by atoms with E-state index in [0.717, 1.165) is 23.4 Å². The highest BCUT2D eigenvalue weighted by Gasteiger charge is 2.24. The van der Waals surface area contributed by atoms with Gasteiger partial charge in [0.2, 0.25) is 5.88 Å². The number of para-hydroxylation sites is 1. The van der Waals surface area contributed by atoms with Gasteiger partial charge in [0.25, 0.3) is 0 Å². The number of aliphatic hydroxyl groups is 1. The third-order valence-corrected chi connectivity index (χ3v) is 5.91. The zero-order chi connectivity index (χ0) is 25.2. The maximum absolute atomic E-state index is 10.6. The van der Waals surface area contributed by atoms with E-state index in [9.17, 15) is 5.11 Å². The summed E-state index contributed by atoms with van der Waals surface area (Å²) in [5, 5.41) is 15.4. The maximum atomic E-state index is 10.6. The summed E-state index contributed by atoms with van der Waals surface area (Å²) in [6.45, 7) is 7.62. The number of benzene rings is 2. The van der Waals surface area contributed by atoms with Crippen LogP contribution in [0.1, 0.15) is 31.5 Å². The average molecular weight is 478 g/mol. The van der Waals surface area contributed by atoms with Crippen molar-refractivity contribution in [1.29, 1.82) is 0 Å². The third kappa shape index (κ3) is 7.09. The minimum absolute atomic E-state index is 0.182. The molecule has 2 aromatic carbocycles. The molecule has 0 aliphatic heterocycles. The van der Waals surface area contributed by atoms with Crippen molar-refractivity contribution in [2.24, 2.45) is 0 Å². The summed E-state index contributed by atoms with van der Waals surface area (Å²) >= 11 is 0. The number of aromatic nitrogens is 2. The van der Waals surface area contributed by atoms with Crippen LogP contribution in [0.4, 0.5) is 0 Å². The fraction of sp³-hybridized carbons (Fsp3) is 0.393. The van der Waals surface area contributed by atoms with Gasteiger partial charge in [0.05, 0.1) is 36.8 Å². The van der Waals surface area contributed by atoms with Crippen LogP contribution in [0, 0.1) is 19.3 Å². The van der Waals surface area contributed by atoms with Crippen molar-refractivity contribution < 1.29 is 19.3 Å². The van der Waals surface area contributed by atoms with E-state index in [-0.39, 0.29) is 19.3 Å². The fourth-order valence-electron chi connectivity index (χ4n) is 3.78. The number of hydrogen-bond acceptors (Lipinski definition) is 6. The minimum Gasteiger partial charge on any atom is -0.497 e. The number of aliphatic hydroxyl groups excluding tert-OH is 1. The van der Waals surface area contributed by atoms with E-state index in [1.165, 1.54) is 0 Å². The summed E-state index contributed by atoms with van der Waals surface area (Å²) < 4.78 is 19.0. The first-order chi connectivity index (χ1) is 17.0. The monoisotopic (exact) mass is 477 g/mol. The van der Waals surface area contributed by atoms with Crippen molar-refractivity contribution >= 4 is 0 Å². The molecule has 0 aliphatic carbocycles. The van der Waals surface area contributed by atoms with Crippen molar-refractivity contribution in [3.8, 4) is 35.4 Å². The molecule has 0 saturated heterocycles. The Morgan fingerprint density at radius 2 is 1.89 bits per heavy atom. The summed E-state index contributed by atoms with van der Waals surface area (Å²) in [4.78, 5) is 2.22. The molecule has 35 heavy (non-hydrogen) atoms. The number of nitrogens with zero attached hydrogens (tertiary/aromatic N) is 3. The maximum Gasteiger partial charge on any atom is 0.227 e. The van der Waals surface area contributed by atoms with Crippen molar-refractivity contribution in [2.45, 2.75) is 45.9 Å². The summed E-state index contributed by atoms with van der Waals surface area (Å²) in [7, 11) is 1.63. The van der Waals surface area contributed by atoms with Crippen molar-refractivity contribution in [2.75, 3.05) is 26.9 Å². The van der Waals surface area contributed by atoms with Crippen LogP contribution in [0.25, 0.3) is 5.69 Å². The molecule has 2 unspecified atom stereocenters. The number of ether oxygens (including phenoxy) is 3. The Hall–Kier alpha value is -3.31. The Labute approximate surface area is 208 Å². The van der Waals surface area contributed by atoms with E-state index in [4.69, 9.17) is 25.7 Å². The average Bonchev–Trinajstić information content (AvgIpc) is 3.18. The smallest absolute Gasteiger partial charge is 0.227 e. The van der Waals surface area contributed by atoms with Gasteiger partial charge in [0, 0.05) is 25.2 Å². The first-order valence-corrected chi connectivity index (χ1v) is 11.9. The second-order valence-corrected chi connectivity index (χ2v) is 8.46. The van der Waals surface area contributed by atoms with Gasteiger partial charge in [-0.25, -0.2) is 4.68 Å². The first kappa shape index (κ1) is 26.3.